The smallest absolute Gasteiger partial charge is 0.337 e. The first-order chi connectivity index (χ1) is 12.0. The van der Waals surface area contributed by atoms with Crippen LogP contribution in [0.1, 0.15) is 22.0 Å². The van der Waals surface area contributed by atoms with E-state index in [4.69, 9.17) is 0 Å². The summed E-state index contributed by atoms with van der Waals surface area (Å²) in [6.45, 7) is 0. The number of methoxy groups -OCH3 is 1. The zero-order chi connectivity index (χ0) is 18.2. The number of benzene rings is 2. The van der Waals surface area contributed by atoms with E-state index in [1.807, 2.05) is 6.07 Å². The third-order valence-electron chi connectivity index (χ3n) is 3.48. The topological polar surface area (TPSA) is 96.5 Å². The van der Waals surface area contributed by atoms with E-state index in [-0.39, 0.29) is 0 Å². The molecule has 0 unspecified atom stereocenters. The lowest BCUT2D eigenvalue weighted by Gasteiger charge is -2.19. The minimum Gasteiger partial charge on any atom is -0.465 e. The first-order valence-corrected chi connectivity index (χ1v) is 7.57. The van der Waals surface area contributed by atoms with Crippen LogP contribution in [-0.2, 0) is 9.53 Å². The highest BCUT2D eigenvalue weighted by Crippen LogP contribution is 2.20. The molecule has 7 nitrogen and oxygen atoms in total. The van der Waals surface area contributed by atoms with Crippen molar-refractivity contribution in [2.45, 2.75) is 6.04 Å². The van der Waals surface area contributed by atoms with Crippen molar-refractivity contribution in [2.24, 2.45) is 0 Å². The van der Waals surface area contributed by atoms with Crippen molar-refractivity contribution in [2.75, 3.05) is 19.5 Å². The van der Waals surface area contributed by atoms with Gasteiger partial charge in [0.1, 0.15) is 6.04 Å². The number of ether oxygens (including phenoxy) is 1. The summed E-state index contributed by atoms with van der Waals surface area (Å²) < 4.78 is 4.65. The first kappa shape index (κ1) is 18.0. The fourth-order valence-corrected chi connectivity index (χ4v) is 2.18. The number of carbonyl (C=O) groups is 3. The van der Waals surface area contributed by atoms with E-state index < -0.39 is 23.9 Å². The van der Waals surface area contributed by atoms with Crippen molar-refractivity contribution in [3.05, 3.63) is 65.7 Å². The maximum absolute atomic E-state index is 12.4. The van der Waals surface area contributed by atoms with Crippen molar-refractivity contribution < 1.29 is 19.1 Å². The summed E-state index contributed by atoms with van der Waals surface area (Å²) in [5.41, 5.74) is 1.72. The van der Waals surface area contributed by atoms with E-state index in [1.54, 1.807) is 48.5 Å². The van der Waals surface area contributed by atoms with Gasteiger partial charge in [-0.3, -0.25) is 10.1 Å². The molecule has 0 aliphatic heterocycles. The molecule has 0 aliphatic rings. The Morgan fingerprint density at radius 1 is 0.960 bits per heavy atom. The molecule has 1 atom stereocenters. The largest absolute Gasteiger partial charge is 0.465 e. The molecule has 2 aromatic carbocycles. The third kappa shape index (κ3) is 4.81. The van der Waals surface area contributed by atoms with Gasteiger partial charge in [0.25, 0.3) is 5.91 Å². The predicted octanol–water partition coefficient (Wildman–Crippen LogP) is 2.08. The molecule has 25 heavy (non-hydrogen) atoms. The number of amides is 3. The van der Waals surface area contributed by atoms with Crippen molar-refractivity contribution >= 4 is 23.6 Å². The maximum atomic E-state index is 12.4. The number of hydrogen-bond acceptors (Lipinski definition) is 5. The number of carbonyl (C=O) groups excluding carboxylic acids is 3. The van der Waals surface area contributed by atoms with Gasteiger partial charge in [-0.05, 0) is 29.8 Å². The van der Waals surface area contributed by atoms with Crippen molar-refractivity contribution in [1.29, 1.82) is 0 Å². The summed E-state index contributed by atoms with van der Waals surface area (Å²) in [5.74, 6) is -0.939. The fourth-order valence-electron chi connectivity index (χ4n) is 2.18. The minimum absolute atomic E-state index is 0.402. The number of nitrogens with one attached hydrogen (secondary N) is 3. The average Bonchev–Trinajstić information content (AvgIpc) is 2.66. The van der Waals surface area contributed by atoms with E-state index in [1.165, 1.54) is 14.2 Å². The minimum atomic E-state index is -0.775. The molecule has 0 bridgehead atoms. The normalized spacial score (nSPS) is 11.1. The average molecular weight is 341 g/mol. The number of hydrogen-bond donors (Lipinski definition) is 3. The van der Waals surface area contributed by atoms with E-state index in [0.29, 0.717) is 16.8 Å². The van der Waals surface area contributed by atoms with E-state index in [2.05, 4.69) is 20.7 Å². The van der Waals surface area contributed by atoms with Crippen LogP contribution >= 0.6 is 0 Å². The summed E-state index contributed by atoms with van der Waals surface area (Å²) in [4.78, 5) is 35.4. The Morgan fingerprint density at radius 3 is 2.16 bits per heavy atom. The van der Waals surface area contributed by atoms with Gasteiger partial charge in [0, 0.05) is 12.7 Å². The Balaban J connectivity index is 2.22. The SMILES string of the molecule is CNC(=O)NC(=O)[C@@H](Nc1ccc(C(=O)OC)cc1)c1ccccc1. The second kappa shape index (κ2) is 8.49. The number of rotatable bonds is 5. The monoisotopic (exact) mass is 341 g/mol. The zero-order valence-electron chi connectivity index (χ0n) is 13.9. The molecule has 0 saturated heterocycles. The molecule has 0 saturated carbocycles. The molecule has 130 valence electrons. The highest BCUT2D eigenvalue weighted by Gasteiger charge is 2.22. The highest BCUT2D eigenvalue weighted by atomic mass is 16.5. The Bertz CT molecular complexity index is 745. The van der Waals surface area contributed by atoms with Crippen LogP contribution in [0.15, 0.2) is 54.6 Å². The van der Waals surface area contributed by atoms with E-state index in [0.717, 1.165) is 0 Å². The number of anilines is 1. The Labute approximate surface area is 145 Å². The molecule has 3 N–H and O–H groups in total. The number of imide groups is 1. The number of urea groups is 1. The summed E-state index contributed by atoms with van der Waals surface area (Å²) >= 11 is 0. The molecular weight excluding hydrogens is 322 g/mol. The highest BCUT2D eigenvalue weighted by molar-refractivity contribution is 5.98. The summed E-state index contributed by atoms with van der Waals surface area (Å²) in [7, 11) is 2.74. The molecule has 2 aromatic rings. The summed E-state index contributed by atoms with van der Waals surface area (Å²) in [6.07, 6.45) is 0. The van der Waals surface area contributed by atoms with E-state index in [9.17, 15) is 14.4 Å². The second-order valence-electron chi connectivity index (χ2n) is 5.13. The first-order valence-electron chi connectivity index (χ1n) is 7.57. The van der Waals surface area contributed by atoms with Gasteiger partial charge in [0.2, 0.25) is 0 Å². The lowest BCUT2D eigenvalue weighted by atomic mass is 10.1. The van der Waals surface area contributed by atoms with Crippen LogP contribution in [0.2, 0.25) is 0 Å². The van der Waals surface area contributed by atoms with Crippen LogP contribution in [-0.4, -0.2) is 32.1 Å². The van der Waals surface area contributed by atoms with E-state index >= 15 is 0 Å². The zero-order valence-corrected chi connectivity index (χ0v) is 13.9. The van der Waals surface area contributed by atoms with Crippen LogP contribution in [0.3, 0.4) is 0 Å². The molecular formula is C18H19N3O4. The predicted molar refractivity (Wildman–Crippen MR) is 93.2 cm³/mol. The molecule has 3 amide bonds. The molecule has 0 heterocycles. The lowest BCUT2D eigenvalue weighted by Crippen LogP contribution is -2.42. The molecule has 0 spiro atoms. The van der Waals surface area contributed by atoms with Gasteiger partial charge in [-0.2, -0.15) is 0 Å². The summed E-state index contributed by atoms with van der Waals surface area (Å²) in [6, 6.07) is 14.1. The molecule has 2 rings (SSSR count). The quantitative estimate of drug-likeness (QED) is 0.724. The molecule has 0 aliphatic carbocycles. The van der Waals surface area contributed by atoms with Gasteiger partial charge in [-0.25, -0.2) is 9.59 Å². The van der Waals surface area contributed by atoms with Gasteiger partial charge in [0.15, 0.2) is 0 Å². The molecule has 7 heteroatoms. The lowest BCUT2D eigenvalue weighted by molar-refractivity contribution is -0.120. The van der Waals surface area contributed by atoms with Crippen LogP contribution in [0, 0.1) is 0 Å². The van der Waals surface area contributed by atoms with Crippen molar-refractivity contribution in [1.82, 2.24) is 10.6 Å². The summed E-state index contributed by atoms with van der Waals surface area (Å²) in [5, 5.41) is 7.67. The van der Waals surface area contributed by atoms with Gasteiger partial charge in [0.05, 0.1) is 12.7 Å². The van der Waals surface area contributed by atoms with Crippen LogP contribution in [0.25, 0.3) is 0 Å². The Kier molecular flexibility index (Phi) is 6.11. The van der Waals surface area contributed by atoms with Gasteiger partial charge >= 0.3 is 12.0 Å². The fraction of sp³-hybridized carbons (Fsp3) is 0.167. The maximum Gasteiger partial charge on any atom is 0.337 e. The molecule has 0 fully saturated rings. The van der Waals surface area contributed by atoms with Crippen LogP contribution < -0.4 is 16.0 Å². The standard InChI is InChI=1S/C18H19N3O4/c1-19-18(24)21-16(22)15(12-6-4-3-5-7-12)20-14-10-8-13(9-11-14)17(23)25-2/h3-11,15,20H,1-2H3,(H2,19,21,22,24)/t15-/m0/s1. The van der Waals surface area contributed by atoms with Crippen LogP contribution in [0.5, 0.6) is 0 Å². The number of esters is 1. The van der Waals surface area contributed by atoms with Gasteiger partial charge < -0.3 is 15.4 Å². The second-order valence-corrected chi connectivity index (χ2v) is 5.13. The third-order valence-corrected chi connectivity index (χ3v) is 3.48. The Hall–Kier alpha value is -3.35. The van der Waals surface area contributed by atoms with Gasteiger partial charge in [-0.1, -0.05) is 30.3 Å². The Morgan fingerprint density at radius 2 is 1.60 bits per heavy atom. The van der Waals surface area contributed by atoms with Crippen molar-refractivity contribution in [3.63, 3.8) is 0 Å². The van der Waals surface area contributed by atoms with Crippen molar-refractivity contribution in [3.8, 4) is 0 Å². The molecule has 0 radical (unpaired) electrons. The van der Waals surface area contributed by atoms with Gasteiger partial charge in [-0.15, -0.1) is 0 Å². The van der Waals surface area contributed by atoms with Crippen LogP contribution in [0.4, 0.5) is 10.5 Å². The molecule has 0 aromatic heterocycles.